The number of benzene rings is 1. The summed E-state index contributed by atoms with van der Waals surface area (Å²) in [6.45, 7) is 2.00. The highest BCUT2D eigenvalue weighted by Crippen LogP contribution is 2.24. The minimum atomic E-state index is 0.669. The zero-order valence-corrected chi connectivity index (χ0v) is 12.5. The normalized spacial score (nSPS) is 10.8. The van der Waals surface area contributed by atoms with Crippen LogP contribution in [0.25, 0.3) is 11.4 Å². The Morgan fingerprint density at radius 1 is 1.25 bits per heavy atom. The molecule has 0 radical (unpaired) electrons. The standard InChI is InChI=1S/C13H13N5S2/c1-9-15-11(7-19-9)8-20-13-17-16-12(18(13)14)10-5-3-2-4-6-10/h2-7H,8,14H2,1H3. The van der Waals surface area contributed by atoms with Gasteiger partial charge in [-0.2, -0.15) is 0 Å². The molecule has 1 aromatic carbocycles. The number of nitrogens with two attached hydrogens (primary N) is 1. The molecule has 0 amide bonds. The minimum Gasteiger partial charge on any atom is -0.335 e. The first kappa shape index (κ1) is 13.1. The van der Waals surface area contributed by atoms with E-state index in [1.165, 1.54) is 16.4 Å². The number of thiazole rings is 1. The number of hydrogen-bond donors (Lipinski definition) is 1. The van der Waals surface area contributed by atoms with Gasteiger partial charge in [0, 0.05) is 16.7 Å². The van der Waals surface area contributed by atoms with E-state index >= 15 is 0 Å². The first-order valence-electron chi connectivity index (χ1n) is 6.04. The van der Waals surface area contributed by atoms with Gasteiger partial charge in [-0.05, 0) is 6.92 Å². The Kier molecular flexibility index (Phi) is 3.70. The largest absolute Gasteiger partial charge is 0.335 e. The second-order valence-corrected chi connectivity index (χ2v) is 6.19. The van der Waals surface area contributed by atoms with Crippen LogP contribution in [0.4, 0.5) is 0 Å². The summed E-state index contributed by atoms with van der Waals surface area (Å²) in [7, 11) is 0. The summed E-state index contributed by atoms with van der Waals surface area (Å²) in [6, 6.07) is 9.79. The molecule has 3 aromatic rings. The van der Waals surface area contributed by atoms with Crippen LogP contribution in [0.1, 0.15) is 10.7 Å². The maximum absolute atomic E-state index is 6.06. The second kappa shape index (κ2) is 5.64. The highest BCUT2D eigenvalue weighted by Gasteiger charge is 2.12. The monoisotopic (exact) mass is 303 g/mol. The van der Waals surface area contributed by atoms with Crippen LogP contribution in [0.2, 0.25) is 0 Å². The van der Waals surface area contributed by atoms with E-state index in [4.69, 9.17) is 5.84 Å². The van der Waals surface area contributed by atoms with Gasteiger partial charge in [0.25, 0.3) is 0 Å². The van der Waals surface area contributed by atoms with Crippen molar-refractivity contribution in [3.63, 3.8) is 0 Å². The van der Waals surface area contributed by atoms with E-state index < -0.39 is 0 Å². The number of nitrogens with zero attached hydrogens (tertiary/aromatic N) is 4. The zero-order valence-electron chi connectivity index (χ0n) is 10.9. The summed E-state index contributed by atoms with van der Waals surface area (Å²) in [6.07, 6.45) is 0. The van der Waals surface area contributed by atoms with Gasteiger partial charge < -0.3 is 5.84 Å². The summed E-state index contributed by atoms with van der Waals surface area (Å²) in [5.74, 6) is 7.47. The Balaban J connectivity index is 1.77. The number of hydrogen-bond acceptors (Lipinski definition) is 6. The lowest BCUT2D eigenvalue weighted by molar-refractivity contribution is 0.849. The van der Waals surface area contributed by atoms with Crippen molar-refractivity contribution in [1.29, 1.82) is 0 Å². The summed E-state index contributed by atoms with van der Waals surface area (Å²) in [4.78, 5) is 4.42. The lowest BCUT2D eigenvalue weighted by atomic mass is 10.2. The first-order chi connectivity index (χ1) is 9.74. The molecule has 0 spiro atoms. The van der Waals surface area contributed by atoms with E-state index in [0.717, 1.165) is 22.0 Å². The van der Waals surface area contributed by atoms with Crippen molar-refractivity contribution in [1.82, 2.24) is 19.9 Å². The SMILES string of the molecule is Cc1nc(CSc2nnc(-c3ccccc3)n2N)cs1. The molecular weight excluding hydrogens is 290 g/mol. The fourth-order valence-corrected chi connectivity index (χ4v) is 3.24. The van der Waals surface area contributed by atoms with E-state index in [0.29, 0.717) is 11.0 Å². The average molecular weight is 303 g/mol. The molecule has 0 bridgehead atoms. The maximum atomic E-state index is 6.06. The van der Waals surface area contributed by atoms with Crippen LogP contribution in [0, 0.1) is 6.92 Å². The van der Waals surface area contributed by atoms with Crippen molar-refractivity contribution < 1.29 is 0 Å². The molecule has 2 aromatic heterocycles. The van der Waals surface area contributed by atoms with Gasteiger partial charge in [0.05, 0.1) is 10.7 Å². The number of nitrogen functional groups attached to an aromatic ring is 1. The van der Waals surface area contributed by atoms with Gasteiger partial charge in [-0.15, -0.1) is 21.5 Å². The smallest absolute Gasteiger partial charge is 0.210 e. The molecule has 0 fully saturated rings. The van der Waals surface area contributed by atoms with Crippen LogP contribution in [0.15, 0.2) is 40.9 Å². The van der Waals surface area contributed by atoms with E-state index in [1.807, 2.05) is 37.3 Å². The molecule has 0 atom stereocenters. The van der Waals surface area contributed by atoms with Crippen LogP contribution in [0.5, 0.6) is 0 Å². The van der Waals surface area contributed by atoms with Gasteiger partial charge in [0.2, 0.25) is 5.16 Å². The van der Waals surface area contributed by atoms with E-state index in [-0.39, 0.29) is 0 Å². The van der Waals surface area contributed by atoms with Gasteiger partial charge >= 0.3 is 0 Å². The Hall–Kier alpha value is -1.86. The predicted molar refractivity (Wildman–Crippen MR) is 82.0 cm³/mol. The Morgan fingerprint density at radius 2 is 2.05 bits per heavy atom. The highest BCUT2D eigenvalue weighted by atomic mass is 32.2. The molecule has 2 heterocycles. The lowest BCUT2D eigenvalue weighted by Crippen LogP contribution is -2.11. The molecule has 102 valence electrons. The van der Waals surface area contributed by atoms with Gasteiger partial charge in [-0.25, -0.2) is 9.66 Å². The number of rotatable bonds is 4. The molecule has 0 saturated heterocycles. The van der Waals surface area contributed by atoms with E-state index in [2.05, 4.69) is 20.6 Å². The number of aryl methyl sites for hydroxylation is 1. The van der Waals surface area contributed by atoms with Crippen LogP contribution in [-0.4, -0.2) is 19.9 Å². The van der Waals surface area contributed by atoms with Gasteiger partial charge in [0.1, 0.15) is 0 Å². The quantitative estimate of drug-likeness (QED) is 0.593. The molecule has 0 saturated carbocycles. The van der Waals surface area contributed by atoms with Crippen LogP contribution in [0.3, 0.4) is 0 Å². The minimum absolute atomic E-state index is 0.669. The third-order valence-corrected chi connectivity index (χ3v) is 4.51. The Labute approximate surface area is 124 Å². The Bertz CT molecular complexity index is 705. The Morgan fingerprint density at radius 3 is 2.75 bits per heavy atom. The maximum Gasteiger partial charge on any atom is 0.210 e. The topological polar surface area (TPSA) is 69.6 Å². The van der Waals surface area contributed by atoms with Crippen molar-refractivity contribution >= 4 is 23.1 Å². The summed E-state index contributed by atoms with van der Waals surface area (Å²) < 4.78 is 1.53. The fourth-order valence-electron chi connectivity index (χ4n) is 1.77. The molecule has 0 unspecified atom stereocenters. The third kappa shape index (κ3) is 2.68. The molecule has 2 N–H and O–H groups in total. The summed E-state index contributed by atoms with van der Waals surface area (Å²) in [5, 5.41) is 12.1. The van der Waals surface area contributed by atoms with Crippen LogP contribution in [-0.2, 0) is 5.75 Å². The van der Waals surface area contributed by atoms with Crippen molar-refractivity contribution in [2.45, 2.75) is 17.8 Å². The van der Waals surface area contributed by atoms with Crippen molar-refractivity contribution in [3.8, 4) is 11.4 Å². The van der Waals surface area contributed by atoms with Crippen LogP contribution >= 0.6 is 23.1 Å². The molecule has 5 nitrogen and oxygen atoms in total. The number of thioether (sulfide) groups is 1. The van der Waals surface area contributed by atoms with E-state index in [1.54, 1.807) is 11.3 Å². The fraction of sp³-hybridized carbons (Fsp3) is 0.154. The average Bonchev–Trinajstić information content (AvgIpc) is 3.04. The van der Waals surface area contributed by atoms with Gasteiger partial charge in [-0.1, -0.05) is 42.1 Å². The van der Waals surface area contributed by atoms with Gasteiger partial charge in [-0.3, -0.25) is 0 Å². The van der Waals surface area contributed by atoms with Crippen molar-refractivity contribution in [2.75, 3.05) is 5.84 Å². The molecular formula is C13H13N5S2. The molecule has 7 heteroatoms. The summed E-state index contributed by atoms with van der Waals surface area (Å²) in [5.41, 5.74) is 2.00. The summed E-state index contributed by atoms with van der Waals surface area (Å²) >= 11 is 3.18. The van der Waals surface area contributed by atoms with E-state index in [9.17, 15) is 0 Å². The van der Waals surface area contributed by atoms with Crippen LogP contribution < -0.4 is 5.84 Å². The number of aromatic nitrogens is 4. The lowest BCUT2D eigenvalue weighted by Gasteiger charge is -2.02. The zero-order chi connectivity index (χ0) is 13.9. The highest BCUT2D eigenvalue weighted by molar-refractivity contribution is 7.98. The van der Waals surface area contributed by atoms with Gasteiger partial charge in [0.15, 0.2) is 5.82 Å². The third-order valence-electron chi connectivity index (χ3n) is 2.71. The first-order valence-corrected chi connectivity index (χ1v) is 7.90. The second-order valence-electron chi connectivity index (χ2n) is 4.19. The molecule has 0 aliphatic carbocycles. The predicted octanol–water partition coefficient (Wildman–Crippen LogP) is 2.72. The molecule has 20 heavy (non-hydrogen) atoms. The molecule has 3 rings (SSSR count). The van der Waals surface area contributed by atoms with Crippen molar-refractivity contribution in [3.05, 3.63) is 46.4 Å². The molecule has 0 aliphatic rings. The van der Waals surface area contributed by atoms with Crippen molar-refractivity contribution in [2.24, 2.45) is 0 Å². The molecule has 0 aliphatic heterocycles.